The maximum atomic E-state index is 11.2. The molecule has 0 aromatic heterocycles. The first-order valence-corrected chi connectivity index (χ1v) is 21.2. The van der Waals surface area contributed by atoms with Crippen molar-refractivity contribution in [2.45, 2.75) is 218 Å². The first-order chi connectivity index (χ1) is 24.0. The van der Waals surface area contributed by atoms with Crippen molar-refractivity contribution in [3.63, 3.8) is 0 Å². The summed E-state index contributed by atoms with van der Waals surface area (Å²) in [5.74, 6) is 4.58. The third kappa shape index (κ3) is 110. The van der Waals surface area contributed by atoms with Gasteiger partial charge in [-0.1, -0.05) is 55.4 Å². The second-order valence-corrected chi connectivity index (χ2v) is 18.4. The van der Waals surface area contributed by atoms with E-state index in [9.17, 15) is 9.59 Å². The first-order valence-electron chi connectivity index (χ1n) is 21.2. The average molecular weight is 4410 g/mol. The summed E-state index contributed by atoms with van der Waals surface area (Å²) in [6.45, 7) is 44.1. The maximum absolute atomic E-state index is 11.2. The van der Waals surface area contributed by atoms with Crippen LogP contribution in [-0.2, 0) is 431 Å². The van der Waals surface area contributed by atoms with Gasteiger partial charge in [0.15, 0.2) is 0 Å². The molecule has 4 aliphatic rings. The molecule has 2 heterocycles. The topological polar surface area (TPSA) is 88.7 Å². The molecule has 2 aliphatic heterocycles. The summed E-state index contributed by atoms with van der Waals surface area (Å²) in [5.41, 5.74) is -0.260. The number of carbonyl (C=O) groups excluding carboxylic acids is 2. The van der Waals surface area contributed by atoms with E-state index >= 15 is 0 Å². The van der Waals surface area contributed by atoms with Crippen molar-refractivity contribution in [1.82, 2.24) is 31.1 Å². The summed E-state index contributed by atoms with van der Waals surface area (Å²) in [7, 11) is 0. The van der Waals surface area contributed by atoms with Crippen LogP contribution in [-0.4, -0.2) is 96.6 Å². The molecule has 28 heteroatoms. The Hall–Kier alpha value is 12.5. The van der Waals surface area contributed by atoms with Crippen molar-refractivity contribution in [1.29, 1.82) is 0 Å². The van der Waals surface area contributed by atoms with Crippen molar-refractivity contribution < 1.29 is 431 Å². The minimum absolute atomic E-state index is 0. The maximum Gasteiger partial charge on any atom is 0.225 e. The molecule has 0 bridgehead atoms. The van der Waals surface area contributed by atoms with Crippen LogP contribution in [0.1, 0.15) is 176 Å². The Kier molecular flexibility index (Phi) is 198. The number of hydrogen-bond acceptors (Lipinski definition) is 6. The molecule has 0 unspecified atom stereocenters. The fourth-order valence-corrected chi connectivity index (χ4v) is 5.05. The standard InChI is InChI=1S/C9H18N.C8H17NO.C8H16N.C7H15N.C6H13NO.C6H13N.20W/c1-8(2)10-6-4-9(3)5-7-10;1-6(2)9-7(10)8(3,4)5;1-7(2)9-5-4-8(3)6-9;1-6(2)8-5-7-3-4-7;1-4-6(8)7-5(2)3;1-5(2)7-6-3-4-6;;;;;;;;;;;;;;;;;;;;/h8H,4-7H2,1-3H3;6H,1-5H3,(H,9,10);7H,4-6H2,1-3H3;6-8H,3-5H2,1-2H3;5H,4H2,1-3H3,(H,7,8);5-7H,3-4H2,1-2H3;;;;;;;;;;;;;;;;;;;;/q-1;;-1;;;;;;;;;;;;;;;;;;;;;;;. The molecule has 72 heavy (non-hydrogen) atoms. The Morgan fingerprint density at radius 1 is 0.486 bits per heavy atom. The molecule has 4 rings (SSSR count). The SMILES string of the molecule is CC(C)NC(=O)C(C)(C)C.CC(C)NC1CC1.CC(C)NCC1CC1.CCC(=O)NC(C)C.C[C-]1CCN(C(C)C)C1.C[C-]1CCN(C(C)C)CC1.[W].[W].[W].[W].[W].[W].[W].[W].[W].[W].[W].[W].[W].[W].[W].[W].[W].[W].[W].[W]. The van der Waals surface area contributed by atoms with Gasteiger partial charge in [0.1, 0.15) is 0 Å². The number of rotatable bonds is 10. The smallest absolute Gasteiger partial charge is 0.225 e. The molecule has 8 nitrogen and oxygen atoms in total. The van der Waals surface area contributed by atoms with E-state index in [1.165, 1.54) is 77.7 Å². The first kappa shape index (κ1) is 151. The summed E-state index contributed by atoms with van der Waals surface area (Å²) in [5, 5.41) is 12.4. The summed E-state index contributed by atoms with van der Waals surface area (Å²) < 4.78 is 0. The largest absolute Gasteiger partial charge is 0.354 e. The molecule has 2 aliphatic carbocycles. The van der Waals surface area contributed by atoms with E-state index in [2.05, 4.69) is 100 Å². The molecule has 4 N–H and O–H groups in total. The van der Waals surface area contributed by atoms with Crippen LogP contribution in [0.25, 0.3) is 0 Å². The quantitative estimate of drug-likeness (QED) is 0.164. The van der Waals surface area contributed by atoms with Gasteiger partial charge in [0.05, 0.1) is 0 Å². The Labute approximate surface area is 733 Å². The van der Waals surface area contributed by atoms with Crippen molar-refractivity contribution in [2.24, 2.45) is 11.3 Å². The zero-order valence-electron chi connectivity index (χ0n) is 46.2. The third-order valence-corrected chi connectivity index (χ3v) is 8.94. The van der Waals surface area contributed by atoms with Gasteiger partial charge in [0.2, 0.25) is 11.8 Å². The molecule has 4 fully saturated rings. The van der Waals surface area contributed by atoms with Gasteiger partial charge in [-0.05, 0) is 113 Å². The zero-order valence-corrected chi connectivity index (χ0v) is 105. The molecule has 0 radical (unpaired) electrons. The van der Waals surface area contributed by atoms with E-state index < -0.39 is 0 Å². The summed E-state index contributed by atoms with van der Waals surface area (Å²) >= 11 is 0. The normalized spacial score (nSPS) is 13.3. The molecule has 0 atom stereocenters. The van der Waals surface area contributed by atoms with Gasteiger partial charge >= 0.3 is 0 Å². The van der Waals surface area contributed by atoms with Gasteiger partial charge in [-0.2, -0.15) is 33.1 Å². The number of nitrogens with one attached hydrogen (secondary N) is 4. The van der Waals surface area contributed by atoms with Crippen LogP contribution in [0.3, 0.4) is 0 Å². The average Bonchev–Trinajstić information content (AvgIpc) is 3.96. The molecule has 2 amide bonds. The third-order valence-electron chi connectivity index (χ3n) is 8.94. The van der Waals surface area contributed by atoms with E-state index in [4.69, 9.17) is 0 Å². The van der Waals surface area contributed by atoms with Gasteiger partial charge in [0.25, 0.3) is 0 Å². The van der Waals surface area contributed by atoms with Crippen LogP contribution in [0.15, 0.2) is 0 Å². The summed E-state index contributed by atoms with van der Waals surface area (Å²) in [6.07, 6.45) is 10.3. The Bertz CT molecular complexity index is 926. The number of amides is 2. The number of hydrogen-bond donors (Lipinski definition) is 4. The van der Waals surface area contributed by atoms with E-state index in [0.717, 1.165) is 24.0 Å². The minimum Gasteiger partial charge on any atom is -0.354 e. The minimum atomic E-state index is -0.260. The number of carbonyl (C=O) groups is 2. The van der Waals surface area contributed by atoms with Crippen molar-refractivity contribution in [3.05, 3.63) is 11.8 Å². The van der Waals surface area contributed by atoms with Crippen LogP contribution in [0.4, 0.5) is 0 Å². The fraction of sp³-hybridized carbons (Fsp3) is 0.909. The molecule has 432 valence electrons. The number of nitrogens with zero attached hydrogens (tertiary/aromatic N) is 2. The van der Waals surface area contributed by atoms with E-state index in [1.807, 2.05) is 55.4 Å². The van der Waals surface area contributed by atoms with Gasteiger partial charge in [-0.15, -0.1) is 6.54 Å². The molecule has 0 aromatic carbocycles. The predicted molar refractivity (Wildman–Crippen MR) is 229 cm³/mol. The van der Waals surface area contributed by atoms with Gasteiger partial charge in [-0.25, -0.2) is 0 Å². The molecular weight excluding hydrogens is 4320 g/mol. The Balaban J connectivity index is -0.0000000198. The van der Waals surface area contributed by atoms with E-state index in [1.54, 1.807) is 11.8 Å². The van der Waals surface area contributed by atoms with E-state index in [0.29, 0.717) is 18.5 Å². The Morgan fingerprint density at radius 2 is 0.819 bits per heavy atom. The molecule has 0 spiro atoms. The van der Waals surface area contributed by atoms with Crippen molar-refractivity contribution >= 4 is 11.8 Å². The molecule has 2 saturated carbocycles. The van der Waals surface area contributed by atoms with Gasteiger partial charge in [-0.3, -0.25) is 9.59 Å². The van der Waals surface area contributed by atoms with Crippen LogP contribution in [0.5, 0.6) is 0 Å². The Morgan fingerprint density at radius 3 is 0.986 bits per heavy atom. The van der Waals surface area contributed by atoms with Crippen LogP contribution >= 0.6 is 0 Å². The summed E-state index contributed by atoms with van der Waals surface area (Å²) in [4.78, 5) is 26.7. The predicted octanol–water partition coefficient (Wildman–Crippen LogP) is 8.75. The van der Waals surface area contributed by atoms with Gasteiger partial charge < -0.3 is 42.9 Å². The molecule has 0 aromatic rings. The monoisotopic (exact) mass is 4420 g/mol. The second kappa shape index (κ2) is 94.7. The van der Waals surface area contributed by atoms with Crippen LogP contribution in [0.2, 0.25) is 0 Å². The van der Waals surface area contributed by atoms with Gasteiger partial charge in [0, 0.05) is 475 Å². The van der Waals surface area contributed by atoms with Crippen molar-refractivity contribution in [3.8, 4) is 0 Å². The van der Waals surface area contributed by atoms with Crippen LogP contribution in [0, 0.1) is 23.2 Å². The fourth-order valence-electron chi connectivity index (χ4n) is 5.05. The summed E-state index contributed by atoms with van der Waals surface area (Å²) in [6, 6.07) is 4.24. The molecule has 2 saturated heterocycles. The zero-order chi connectivity index (χ0) is 40.6. The number of piperidine rings is 1. The van der Waals surface area contributed by atoms with Crippen molar-refractivity contribution in [2.75, 3.05) is 32.7 Å². The van der Waals surface area contributed by atoms with Crippen LogP contribution < -0.4 is 21.3 Å². The molecular formula is C44H92N6O2W20-2. The second-order valence-electron chi connectivity index (χ2n) is 18.4. The number of likely N-dealkylation sites (tertiary alicyclic amines) is 2. The van der Waals surface area contributed by atoms with E-state index in [-0.39, 0.29) is 451 Å².